The number of esters is 1. The molecule has 2 aromatic carbocycles. The number of benzene rings is 2. The Morgan fingerprint density at radius 1 is 1.12 bits per heavy atom. The van der Waals surface area contributed by atoms with Gasteiger partial charge in [0.2, 0.25) is 6.61 Å². The van der Waals surface area contributed by atoms with Crippen molar-refractivity contribution in [3.63, 3.8) is 0 Å². The summed E-state index contributed by atoms with van der Waals surface area (Å²) in [5.74, 6) is -1.49. The lowest BCUT2D eigenvalue weighted by molar-refractivity contribution is -0.142. The van der Waals surface area contributed by atoms with Gasteiger partial charge in [-0.25, -0.2) is 9.59 Å². The maximum atomic E-state index is 13.4. The van der Waals surface area contributed by atoms with Crippen molar-refractivity contribution < 1.29 is 24.3 Å². The quantitative estimate of drug-likeness (QED) is 0.380. The summed E-state index contributed by atoms with van der Waals surface area (Å²) in [6, 6.07) is 13.6. The van der Waals surface area contributed by atoms with E-state index in [1.165, 1.54) is 0 Å². The van der Waals surface area contributed by atoms with E-state index in [0.717, 1.165) is 35.1 Å². The van der Waals surface area contributed by atoms with Crippen LogP contribution in [-0.4, -0.2) is 29.4 Å². The first-order valence-corrected chi connectivity index (χ1v) is 11.0. The molecule has 6 nitrogen and oxygen atoms in total. The molecule has 0 aromatic heterocycles. The van der Waals surface area contributed by atoms with Gasteiger partial charge in [0.05, 0.1) is 11.3 Å². The number of ether oxygens (including phenoxy) is 1. The third-order valence-electron chi connectivity index (χ3n) is 5.25. The number of hydrogen-bond donors (Lipinski definition) is 1. The number of cyclic esters (lactones) is 1. The Hall–Kier alpha value is -3.67. The van der Waals surface area contributed by atoms with Crippen LogP contribution in [0.4, 0.5) is 0 Å². The van der Waals surface area contributed by atoms with Gasteiger partial charge in [0, 0.05) is 12.8 Å². The summed E-state index contributed by atoms with van der Waals surface area (Å²) in [7, 11) is 0. The highest BCUT2D eigenvalue weighted by Crippen LogP contribution is 2.27. The third-order valence-corrected chi connectivity index (χ3v) is 5.25. The molecular formula is C27H29NO5. The summed E-state index contributed by atoms with van der Waals surface area (Å²) in [5, 5.41) is 12.9. The number of carboxylic acid groups (broad SMARTS) is 1. The predicted octanol–water partition coefficient (Wildman–Crippen LogP) is 5.50. The lowest BCUT2D eigenvalue weighted by Crippen LogP contribution is -2.17. The second-order valence-corrected chi connectivity index (χ2v) is 8.03. The second kappa shape index (κ2) is 11.8. The minimum atomic E-state index is -1.10. The fourth-order valence-electron chi connectivity index (χ4n) is 3.83. The predicted molar refractivity (Wildman–Crippen MR) is 127 cm³/mol. The Kier molecular flexibility index (Phi) is 8.58. The molecule has 0 spiro atoms. The highest BCUT2D eigenvalue weighted by molar-refractivity contribution is 6.00. The van der Waals surface area contributed by atoms with E-state index in [-0.39, 0.29) is 0 Å². The van der Waals surface area contributed by atoms with E-state index in [1.54, 1.807) is 0 Å². The third kappa shape index (κ3) is 7.17. The fraction of sp³-hybridized carbons (Fsp3) is 0.296. The molecule has 0 bridgehead atoms. The largest absolute Gasteiger partial charge is 0.479 e. The average molecular weight is 448 g/mol. The van der Waals surface area contributed by atoms with Crippen molar-refractivity contribution in [2.24, 2.45) is 5.16 Å². The molecule has 1 heterocycles. The molecule has 0 fully saturated rings. The van der Waals surface area contributed by atoms with Gasteiger partial charge < -0.3 is 14.7 Å². The summed E-state index contributed by atoms with van der Waals surface area (Å²) >= 11 is 0. The first-order valence-electron chi connectivity index (χ1n) is 11.0. The van der Waals surface area contributed by atoms with Gasteiger partial charge in [-0.05, 0) is 49.5 Å². The van der Waals surface area contributed by atoms with E-state index in [9.17, 15) is 9.59 Å². The van der Waals surface area contributed by atoms with Gasteiger partial charge >= 0.3 is 11.9 Å². The summed E-state index contributed by atoms with van der Waals surface area (Å²) < 4.78 is 6.02. The smallest absolute Gasteiger partial charge is 0.344 e. The molecule has 2 aromatic rings. The molecule has 0 saturated heterocycles. The lowest BCUT2D eigenvalue weighted by atomic mass is 9.94. The van der Waals surface area contributed by atoms with Crippen molar-refractivity contribution in [2.45, 2.75) is 45.6 Å². The number of nitrogens with zero attached hydrogens (tertiary/aromatic N) is 1. The monoisotopic (exact) mass is 447 g/mol. The van der Waals surface area contributed by atoms with Gasteiger partial charge in [0.25, 0.3) is 0 Å². The van der Waals surface area contributed by atoms with E-state index < -0.39 is 24.6 Å². The second-order valence-electron chi connectivity index (χ2n) is 8.03. The standard InChI is InChI=1S/C27H29NO5/c1-19-15-20(2)26-22(16-19)17-23(28-32-18-25(29)30)13-9-4-3-5-10-14-24(33-27(26)31)21-11-7-6-8-12-21/h5-13,15-16,24H,3-4,14,17-18H2,1-2H3,(H,29,30)/b10-5+,13-9+,28-23?/t24-/m1/s1. The number of aliphatic carboxylic acids is 1. The van der Waals surface area contributed by atoms with Gasteiger partial charge in [-0.2, -0.15) is 0 Å². The van der Waals surface area contributed by atoms with Crippen LogP contribution >= 0.6 is 0 Å². The Morgan fingerprint density at radius 3 is 2.64 bits per heavy atom. The zero-order chi connectivity index (χ0) is 23.6. The van der Waals surface area contributed by atoms with Gasteiger partial charge in [-0.3, -0.25) is 0 Å². The Morgan fingerprint density at radius 2 is 1.88 bits per heavy atom. The van der Waals surface area contributed by atoms with Crippen LogP contribution in [0.2, 0.25) is 0 Å². The number of allylic oxidation sites excluding steroid dienone is 3. The van der Waals surface area contributed by atoms with Crippen molar-refractivity contribution in [3.8, 4) is 0 Å². The highest BCUT2D eigenvalue weighted by atomic mass is 16.6. The number of oxime groups is 1. The van der Waals surface area contributed by atoms with Crippen molar-refractivity contribution in [1.82, 2.24) is 0 Å². The zero-order valence-electron chi connectivity index (χ0n) is 19.0. The zero-order valence-corrected chi connectivity index (χ0v) is 19.0. The van der Waals surface area contributed by atoms with Crippen molar-refractivity contribution >= 4 is 17.7 Å². The maximum absolute atomic E-state index is 13.4. The molecule has 33 heavy (non-hydrogen) atoms. The van der Waals surface area contributed by atoms with Crippen LogP contribution in [-0.2, 0) is 20.8 Å². The fourth-order valence-corrected chi connectivity index (χ4v) is 3.83. The minimum Gasteiger partial charge on any atom is -0.479 e. The van der Waals surface area contributed by atoms with Crippen LogP contribution in [0.15, 0.2) is 71.9 Å². The molecule has 0 unspecified atom stereocenters. The highest BCUT2D eigenvalue weighted by Gasteiger charge is 2.22. The van der Waals surface area contributed by atoms with Crippen molar-refractivity contribution in [1.29, 1.82) is 0 Å². The van der Waals surface area contributed by atoms with Crippen LogP contribution in [0.1, 0.15) is 58.0 Å². The average Bonchev–Trinajstić information content (AvgIpc) is 2.76. The molecule has 3 rings (SSSR count). The van der Waals surface area contributed by atoms with E-state index in [0.29, 0.717) is 24.1 Å². The summed E-state index contributed by atoms with van der Waals surface area (Å²) in [6.45, 7) is 3.33. The van der Waals surface area contributed by atoms with Crippen LogP contribution in [0, 0.1) is 13.8 Å². The molecule has 1 aliphatic rings. The molecular weight excluding hydrogens is 418 g/mol. The number of carbonyl (C=O) groups is 2. The molecule has 0 amide bonds. The molecule has 1 atom stereocenters. The number of hydrogen-bond acceptors (Lipinski definition) is 5. The molecule has 172 valence electrons. The van der Waals surface area contributed by atoms with E-state index in [4.69, 9.17) is 14.7 Å². The van der Waals surface area contributed by atoms with Gasteiger partial charge in [0.1, 0.15) is 6.10 Å². The Bertz CT molecular complexity index is 1070. The summed E-state index contributed by atoms with van der Waals surface area (Å²) in [4.78, 5) is 29.2. The van der Waals surface area contributed by atoms with Crippen molar-refractivity contribution in [3.05, 3.63) is 94.6 Å². The number of rotatable bonds is 4. The Labute approximate surface area is 194 Å². The maximum Gasteiger partial charge on any atom is 0.344 e. The molecule has 1 aliphatic heterocycles. The molecule has 6 heteroatoms. The number of aryl methyl sites for hydroxylation is 2. The van der Waals surface area contributed by atoms with E-state index >= 15 is 0 Å². The molecule has 0 radical (unpaired) electrons. The molecule has 0 aliphatic carbocycles. The van der Waals surface area contributed by atoms with Crippen LogP contribution < -0.4 is 0 Å². The Balaban J connectivity index is 2.01. The first-order chi connectivity index (χ1) is 15.9. The van der Waals surface area contributed by atoms with Crippen LogP contribution in [0.3, 0.4) is 0 Å². The van der Waals surface area contributed by atoms with Crippen molar-refractivity contribution in [2.75, 3.05) is 6.61 Å². The van der Waals surface area contributed by atoms with Crippen LogP contribution in [0.5, 0.6) is 0 Å². The van der Waals surface area contributed by atoms with Gasteiger partial charge in [-0.15, -0.1) is 0 Å². The topological polar surface area (TPSA) is 85.2 Å². The molecule has 1 N–H and O–H groups in total. The van der Waals surface area contributed by atoms with E-state index in [2.05, 4.69) is 11.2 Å². The first kappa shape index (κ1) is 24.0. The normalized spacial score (nSPS) is 20.2. The number of carboxylic acids is 1. The van der Waals surface area contributed by atoms with Gasteiger partial charge in [0.15, 0.2) is 0 Å². The summed E-state index contributed by atoms with van der Waals surface area (Å²) in [5.41, 5.74) is 4.58. The van der Waals surface area contributed by atoms with E-state index in [1.807, 2.05) is 74.5 Å². The number of carbonyl (C=O) groups excluding carboxylic acids is 1. The minimum absolute atomic E-state index is 0.314. The summed E-state index contributed by atoms with van der Waals surface area (Å²) in [6.07, 6.45) is 10.0. The SMILES string of the molecule is Cc1cc(C)c2c(c1)CC(=NOCC(=O)O)/C=C/CC/C=C/C[C@H](c1ccccc1)OC2=O. The van der Waals surface area contributed by atoms with Gasteiger partial charge in [-0.1, -0.05) is 71.4 Å². The number of fused-ring (bicyclic) bond motifs is 1. The molecule has 0 saturated carbocycles. The lowest BCUT2D eigenvalue weighted by Gasteiger charge is -2.20. The van der Waals surface area contributed by atoms with Crippen LogP contribution in [0.25, 0.3) is 0 Å².